The molecule has 5 nitrogen and oxygen atoms in total. The van der Waals surface area contributed by atoms with Gasteiger partial charge in [-0.15, -0.1) is 11.3 Å². The molecule has 0 aliphatic rings. The predicted molar refractivity (Wildman–Crippen MR) is 89.3 cm³/mol. The van der Waals surface area contributed by atoms with Crippen molar-refractivity contribution in [2.75, 3.05) is 16.8 Å². The second kappa shape index (κ2) is 7.56. The molecule has 0 bridgehead atoms. The average molecular weight is 326 g/mol. The zero-order valence-corrected chi connectivity index (χ0v) is 14.1. The normalized spacial score (nSPS) is 10.9. The Kier molecular flexibility index (Phi) is 5.76. The number of halogens is 1. The van der Waals surface area contributed by atoms with Crippen molar-refractivity contribution in [2.24, 2.45) is 0 Å². The molecule has 0 saturated heterocycles. The lowest BCUT2D eigenvalue weighted by molar-refractivity contribution is 0.662. The van der Waals surface area contributed by atoms with Gasteiger partial charge in [0.15, 0.2) is 0 Å². The molecule has 0 fully saturated rings. The number of nitrogens with zero attached hydrogens (tertiary/aromatic N) is 4. The molecule has 0 saturated carbocycles. The summed E-state index contributed by atoms with van der Waals surface area (Å²) in [6, 6.07) is 4.43. The minimum atomic E-state index is 0.218. The molecule has 0 aliphatic carbocycles. The van der Waals surface area contributed by atoms with Gasteiger partial charge in [0.1, 0.15) is 0 Å². The molecular formula is C14H20ClN5S. The van der Waals surface area contributed by atoms with E-state index in [-0.39, 0.29) is 11.3 Å². The molecule has 0 aliphatic heterocycles. The van der Waals surface area contributed by atoms with E-state index in [2.05, 4.69) is 57.4 Å². The smallest absolute Gasteiger partial charge is 0.232 e. The van der Waals surface area contributed by atoms with E-state index in [1.807, 2.05) is 6.07 Å². The molecule has 2 aromatic heterocycles. The molecular weight excluding hydrogens is 306 g/mol. The van der Waals surface area contributed by atoms with Gasteiger partial charge < -0.3 is 10.2 Å². The van der Waals surface area contributed by atoms with Gasteiger partial charge >= 0.3 is 0 Å². The van der Waals surface area contributed by atoms with Gasteiger partial charge in [-0.05, 0) is 43.3 Å². The third-order valence-corrected chi connectivity index (χ3v) is 3.95. The summed E-state index contributed by atoms with van der Waals surface area (Å²) in [6.45, 7) is 7.90. The molecule has 0 aromatic carbocycles. The molecule has 0 atom stereocenters. The van der Waals surface area contributed by atoms with E-state index in [0.717, 1.165) is 19.5 Å². The minimum absolute atomic E-state index is 0.218. The highest BCUT2D eigenvalue weighted by molar-refractivity contribution is 7.09. The molecule has 0 unspecified atom stereocenters. The van der Waals surface area contributed by atoms with Crippen molar-refractivity contribution in [3.05, 3.63) is 27.7 Å². The summed E-state index contributed by atoms with van der Waals surface area (Å²) in [5, 5.41) is 5.45. The van der Waals surface area contributed by atoms with Crippen molar-refractivity contribution in [3.63, 3.8) is 0 Å². The lowest BCUT2D eigenvalue weighted by atomic mass is 10.3. The number of hydrogen-bond donors (Lipinski definition) is 1. The van der Waals surface area contributed by atoms with E-state index in [4.69, 9.17) is 11.6 Å². The maximum Gasteiger partial charge on any atom is 0.232 e. The van der Waals surface area contributed by atoms with Crippen LogP contribution in [0.25, 0.3) is 0 Å². The van der Waals surface area contributed by atoms with Crippen LogP contribution in [0.1, 0.15) is 32.1 Å². The summed E-state index contributed by atoms with van der Waals surface area (Å²) in [4.78, 5) is 16.3. The highest BCUT2D eigenvalue weighted by Crippen LogP contribution is 2.21. The molecule has 21 heavy (non-hydrogen) atoms. The molecule has 114 valence electrons. The second-order valence-corrected chi connectivity index (χ2v) is 6.33. The van der Waals surface area contributed by atoms with Crippen molar-refractivity contribution < 1.29 is 0 Å². The van der Waals surface area contributed by atoms with E-state index in [1.54, 1.807) is 11.3 Å². The summed E-state index contributed by atoms with van der Waals surface area (Å²) in [5.41, 5.74) is 0. The molecule has 2 rings (SSSR count). The third kappa shape index (κ3) is 4.54. The highest BCUT2D eigenvalue weighted by Gasteiger charge is 2.17. The van der Waals surface area contributed by atoms with Gasteiger partial charge in [-0.3, -0.25) is 0 Å². The second-order valence-electron chi connectivity index (χ2n) is 4.96. The van der Waals surface area contributed by atoms with Crippen molar-refractivity contribution in [1.29, 1.82) is 0 Å². The Morgan fingerprint density at radius 2 is 2.14 bits per heavy atom. The maximum atomic E-state index is 6.03. The largest absolute Gasteiger partial charge is 0.354 e. The van der Waals surface area contributed by atoms with Crippen molar-refractivity contribution in [1.82, 2.24) is 15.0 Å². The number of aromatic nitrogens is 3. The summed E-state index contributed by atoms with van der Waals surface area (Å²) in [7, 11) is 0. The minimum Gasteiger partial charge on any atom is -0.354 e. The molecule has 0 spiro atoms. The number of thiophene rings is 1. The number of hydrogen-bond acceptors (Lipinski definition) is 6. The SMILES string of the molecule is CCCNc1nc(Cl)nc(N(Cc2cccs2)C(C)C)n1. The highest BCUT2D eigenvalue weighted by atomic mass is 35.5. The van der Waals surface area contributed by atoms with Crippen LogP contribution in [0.2, 0.25) is 5.28 Å². The Morgan fingerprint density at radius 3 is 2.76 bits per heavy atom. The van der Waals surface area contributed by atoms with Crippen LogP contribution in [0, 0.1) is 0 Å². The first-order chi connectivity index (χ1) is 10.1. The number of rotatable bonds is 7. The van der Waals surface area contributed by atoms with Crippen molar-refractivity contribution >= 4 is 34.8 Å². The topological polar surface area (TPSA) is 53.9 Å². The summed E-state index contributed by atoms with van der Waals surface area (Å²) < 4.78 is 0. The fraction of sp³-hybridized carbons (Fsp3) is 0.500. The molecule has 0 amide bonds. The van der Waals surface area contributed by atoms with Gasteiger partial charge in [0, 0.05) is 17.5 Å². The Bertz CT molecular complexity index is 558. The quantitative estimate of drug-likeness (QED) is 0.838. The van der Waals surface area contributed by atoms with Gasteiger partial charge in [-0.1, -0.05) is 13.0 Å². The van der Waals surface area contributed by atoms with Crippen LogP contribution in [-0.4, -0.2) is 27.5 Å². The summed E-state index contributed by atoms with van der Waals surface area (Å²) >= 11 is 7.76. The zero-order valence-electron chi connectivity index (χ0n) is 12.5. The average Bonchev–Trinajstić information content (AvgIpc) is 2.94. The van der Waals surface area contributed by atoms with Crippen LogP contribution in [0.3, 0.4) is 0 Å². The first kappa shape index (κ1) is 16.0. The van der Waals surface area contributed by atoms with Crippen LogP contribution in [0.15, 0.2) is 17.5 Å². The van der Waals surface area contributed by atoms with Gasteiger partial charge in [0.2, 0.25) is 17.2 Å². The standard InChI is InChI=1S/C14H20ClN5S/c1-4-7-16-13-17-12(15)18-14(19-13)20(10(2)3)9-11-6-5-8-21-11/h5-6,8,10H,4,7,9H2,1-3H3,(H,16,17,18,19). The Labute approximate surface area is 134 Å². The number of anilines is 2. The van der Waals surface area contributed by atoms with E-state index in [9.17, 15) is 0 Å². The Morgan fingerprint density at radius 1 is 1.33 bits per heavy atom. The van der Waals surface area contributed by atoms with E-state index in [1.165, 1.54) is 4.88 Å². The fourth-order valence-corrected chi connectivity index (χ4v) is 2.70. The predicted octanol–water partition coefficient (Wildman–Crippen LogP) is 3.82. The zero-order chi connectivity index (χ0) is 15.2. The molecule has 1 N–H and O–H groups in total. The number of nitrogens with one attached hydrogen (secondary N) is 1. The summed E-state index contributed by atoms with van der Waals surface area (Å²) in [6.07, 6.45) is 1.00. The van der Waals surface area contributed by atoms with Gasteiger partial charge in [0.25, 0.3) is 0 Å². The van der Waals surface area contributed by atoms with E-state index < -0.39 is 0 Å². The molecule has 7 heteroatoms. The van der Waals surface area contributed by atoms with Gasteiger partial charge in [0.05, 0.1) is 6.54 Å². The monoisotopic (exact) mass is 325 g/mol. The third-order valence-electron chi connectivity index (χ3n) is 2.92. The molecule has 0 radical (unpaired) electrons. The first-order valence-corrected chi connectivity index (χ1v) is 8.30. The van der Waals surface area contributed by atoms with Crippen LogP contribution in [0.4, 0.5) is 11.9 Å². The maximum absolute atomic E-state index is 6.03. The van der Waals surface area contributed by atoms with Crippen molar-refractivity contribution in [2.45, 2.75) is 39.8 Å². The molecule has 2 aromatic rings. The summed E-state index contributed by atoms with van der Waals surface area (Å²) in [5.74, 6) is 1.14. The fourth-order valence-electron chi connectivity index (χ4n) is 1.84. The van der Waals surface area contributed by atoms with Crippen LogP contribution in [-0.2, 0) is 6.54 Å². The van der Waals surface area contributed by atoms with Crippen molar-refractivity contribution in [3.8, 4) is 0 Å². The van der Waals surface area contributed by atoms with Crippen LogP contribution < -0.4 is 10.2 Å². The Balaban J connectivity index is 2.24. The lowest BCUT2D eigenvalue weighted by Gasteiger charge is -2.26. The van der Waals surface area contributed by atoms with E-state index in [0.29, 0.717) is 11.9 Å². The lowest BCUT2D eigenvalue weighted by Crippen LogP contribution is -2.32. The Hall–Kier alpha value is -1.40. The van der Waals surface area contributed by atoms with Gasteiger partial charge in [-0.25, -0.2) is 0 Å². The first-order valence-electron chi connectivity index (χ1n) is 7.04. The van der Waals surface area contributed by atoms with Crippen LogP contribution >= 0.6 is 22.9 Å². The van der Waals surface area contributed by atoms with E-state index >= 15 is 0 Å². The van der Waals surface area contributed by atoms with Gasteiger partial charge in [-0.2, -0.15) is 15.0 Å². The molecule has 2 heterocycles. The van der Waals surface area contributed by atoms with Crippen LogP contribution in [0.5, 0.6) is 0 Å².